The molecule has 0 aromatic heterocycles. The van der Waals surface area contributed by atoms with E-state index in [1.54, 1.807) is 0 Å². The fourth-order valence-corrected chi connectivity index (χ4v) is 3.47. The first-order valence-electron chi connectivity index (χ1n) is 7.88. The van der Waals surface area contributed by atoms with Crippen LogP contribution in [0.2, 0.25) is 0 Å². The van der Waals surface area contributed by atoms with Gasteiger partial charge in [0.25, 0.3) is 0 Å². The Labute approximate surface area is 148 Å². The van der Waals surface area contributed by atoms with Crippen LogP contribution in [0.4, 0.5) is 0 Å². The zero-order valence-corrected chi connectivity index (χ0v) is 15.1. The molecule has 6 heteroatoms. The highest BCUT2D eigenvalue weighted by Gasteiger charge is 2.25. The largest absolute Gasteiger partial charge is 0.338 e. The van der Waals surface area contributed by atoms with E-state index in [0.29, 0.717) is 23.1 Å². The number of thioether (sulfide) groups is 1. The van der Waals surface area contributed by atoms with Crippen LogP contribution in [-0.2, 0) is 4.79 Å². The van der Waals surface area contributed by atoms with Crippen LogP contribution in [0.25, 0.3) is 0 Å². The first-order chi connectivity index (χ1) is 10.7. The Bertz CT molecular complexity index is 493. The summed E-state index contributed by atoms with van der Waals surface area (Å²) in [5.74, 6) is 0.984. The number of amides is 1. The van der Waals surface area contributed by atoms with Gasteiger partial charge in [-0.25, -0.2) is 0 Å². The van der Waals surface area contributed by atoms with E-state index in [2.05, 4.69) is 12.2 Å². The predicted octanol–water partition coefficient (Wildman–Crippen LogP) is 2.62. The van der Waals surface area contributed by atoms with Gasteiger partial charge in [-0.2, -0.15) is 0 Å². The van der Waals surface area contributed by atoms with Gasteiger partial charge in [0.2, 0.25) is 5.91 Å². The molecule has 1 saturated heterocycles. The molecular formula is C17H25ClN2O2S. The molecule has 0 bridgehead atoms. The fraction of sp³-hybridized carbons (Fsp3) is 0.529. The van der Waals surface area contributed by atoms with Crippen LogP contribution in [0, 0.1) is 0 Å². The number of nitrogens with one attached hydrogen (secondary N) is 1. The van der Waals surface area contributed by atoms with Gasteiger partial charge >= 0.3 is 0 Å². The van der Waals surface area contributed by atoms with E-state index in [1.165, 1.54) is 11.8 Å². The maximum atomic E-state index is 12.4. The Balaban J connectivity index is 0.00000264. The van der Waals surface area contributed by atoms with Crippen LogP contribution in [0.3, 0.4) is 0 Å². The number of carbonyl (C=O) groups is 2. The second kappa shape index (κ2) is 10.7. The van der Waals surface area contributed by atoms with E-state index in [1.807, 2.05) is 35.2 Å². The van der Waals surface area contributed by atoms with E-state index in [4.69, 9.17) is 0 Å². The number of hydrogen-bond acceptors (Lipinski definition) is 4. The van der Waals surface area contributed by atoms with Crippen molar-refractivity contribution in [2.45, 2.75) is 25.8 Å². The number of nitrogens with zero attached hydrogens (tertiary/aromatic N) is 1. The summed E-state index contributed by atoms with van der Waals surface area (Å²) in [6.07, 6.45) is 2.00. The molecule has 0 saturated carbocycles. The number of hydrogen-bond donors (Lipinski definition) is 1. The van der Waals surface area contributed by atoms with E-state index in [-0.39, 0.29) is 24.1 Å². The van der Waals surface area contributed by atoms with Crippen molar-refractivity contribution in [3.05, 3.63) is 35.9 Å². The standard InChI is InChI=1S/C17H24N2O2S.ClH/c1-2-10-19(15-8-9-18-11-15)17(21)13-22-12-16(20)14-6-4-3-5-7-14;/h3-7,15,18H,2,8-13H2,1H3;1H. The summed E-state index contributed by atoms with van der Waals surface area (Å²) in [4.78, 5) is 26.4. The maximum absolute atomic E-state index is 12.4. The van der Waals surface area contributed by atoms with E-state index in [9.17, 15) is 9.59 Å². The van der Waals surface area contributed by atoms with Crippen molar-refractivity contribution in [3.8, 4) is 0 Å². The number of halogens is 1. The molecule has 1 atom stereocenters. The minimum atomic E-state index is 0. The lowest BCUT2D eigenvalue weighted by atomic mass is 10.2. The van der Waals surface area contributed by atoms with Crippen LogP contribution >= 0.6 is 24.2 Å². The lowest BCUT2D eigenvalue weighted by Gasteiger charge is -2.28. The molecule has 4 nitrogen and oxygen atoms in total. The summed E-state index contributed by atoms with van der Waals surface area (Å²) in [6, 6.07) is 9.57. The lowest BCUT2D eigenvalue weighted by Crippen LogP contribution is -2.43. The maximum Gasteiger partial charge on any atom is 0.232 e. The average Bonchev–Trinajstić information content (AvgIpc) is 3.07. The van der Waals surface area contributed by atoms with Crippen molar-refractivity contribution < 1.29 is 9.59 Å². The van der Waals surface area contributed by atoms with Crippen LogP contribution in [0.15, 0.2) is 30.3 Å². The first-order valence-corrected chi connectivity index (χ1v) is 9.04. The van der Waals surface area contributed by atoms with Crippen molar-refractivity contribution in [2.75, 3.05) is 31.1 Å². The highest BCUT2D eigenvalue weighted by Crippen LogP contribution is 2.13. The Kier molecular flexibility index (Phi) is 9.29. The molecule has 1 aliphatic heterocycles. The summed E-state index contributed by atoms with van der Waals surface area (Å²) in [7, 11) is 0. The molecule has 1 N–H and O–H groups in total. The lowest BCUT2D eigenvalue weighted by molar-refractivity contribution is -0.130. The molecule has 1 unspecified atom stereocenters. The van der Waals surface area contributed by atoms with Gasteiger partial charge in [-0.3, -0.25) is 9.59 Å². The molecule has 1 heterocycles. The molecule has 0 spiro atoms. The molecule has 1 amide bonds. The molecule has 23 heavy (non-hydrogen) atoms. The van der Waals surface area contributed by atoms with Crippen molar-refractivity contribution in [2.24, 2.45) is 0 Å². The molecule has 128 valence electrons. The zero-order chi connectivity index (χ0) is 15.8. The quantitative estimate of drug-likeness (QED) is 0.727. The number of benzene rings is 1. The monoisotopic (exact) mass is 356 g/mol. The third-order valence-electron chi connectivity index (χ3n) is 3.81. The molecular weight excluding hydrogens is 332 g/mol. The van der Waals surface area contributed by atoms with Gasteiger partial charge in [-0.05, 0) is 19.4 Å². The van der Waals surface area contributed by atoms with Crippen LogP contribution in [0.1, 0.15) is 30.1 Å². The first kappa shape index (κ1) is 20.0. The van der Waals surface area contributed by atoms with Gasteiger partial charge in [0.1, 0.15) is 0 Å². The summed E-state index contributed by atoms with van der Waals surface area (Å²) >= 11 is 1.42. The minimum absolute atomic E-state index is 0. The molecule has 1 fully saturated rings. The third kappa shape index (κ3) is 6.16. The average molecular weight is 357 g/mol. The number of rotatable bonds is 8. The van der Waals surface area contributed by atoms with E-state index < -0.39 is 0 Å². The Morgan fingerprint density at radius 1 is 1.26 bits per heavy atom. The zero-order valence-electron chi connectivity index (χ0n) is 13.5. The number of Topliss-reactive ketones (excluding diaryl/α,β-unsaturated/α-hetero) is 1. The Morgan fingerprint density at radius 2 is 2.00 bits per heavy atom. The van der Waals surface area contributed by atoms with Crippen LogP contribution in [-0.4, -0.2) is 53.8 Å². The van der Waals surface area contributed by atoms with Gasteiger partial charge in [0.15, 0.2) is 5.78 Å². The van der Waals surface area contributed by atoms with Gasteiger partial charge in [0.05, 0.1) is 11.5 Å². The second-order valence-electron chi connectivity index (χ2n) is 5.52. The smallest absolute Gasteiger partial charge is 0.232 e. The Hall–Kier alpha value is -1.04. The Morgan fingerprint density at radius 3 is 2.61 bits per heavy atom. The van der Waals surface area contributed by atoms with Crippen molar-refractivity contribution >= 4 is 35.9 Å². The normalized spacial score (nSPS) is 16.7. The van der Waals surface area contributed by atoms with Gasteiger partial charge in [0, 0.05) is 24.7 Å². The summed E-state index contributed by atoms with van der Waals surface area (Å²) in [5.41, 5.74) is 0.716. The molecule has 1 aromatic rings. The SMILES string of the molecule is CCCN(C(=O)CSCC(=O)c1ccccc1)C1CCNC1.Cl. The highest BCUT2D eigenvalue weighted by molar-refractivity contribution is 8.00. The van der Waals surface area contributed by atoms with E-state index in [0.717, 1.165) is 32.5 Å². The predicted molar refractivity (Wildman–Crippen MR) is 98.6 cm³/mol. The van der Waals surface area contributed by atoms with Gasteiger partial charge in [-0.1, -0.05) is 37.3 Å². The summed E-state index contributed by atoms with van der Waals surface area (Å²) < 4.78 is 0. The number of ketones is 1. The fourth-order valence-electron chi connectivity index (χ4n) is 2.68. The van der Waals surface area contributed by atoms with Gasteiger partial charge in [-0.15, -0.1) is 24.2 Å². The minimum Gasteiger partial charge on any atom is -0.338 e. The summed E-state index contributed by atoms with van der Waals surface area (Å²) in [6.45, 7) is 4.77. The van der Waals surface area contributed by atoms with Gasteiger partial charge < -0.3 is 10.2 Å². The molecule has 1 aliphatic rings. The number of carbonyl (C=O) groups excluding carboxylic acids is 2. The topological polar surface area (TPSA) is 49.4 Å². The van der Waals surface area contributed by atoms with Crippen molar-refractivity contribution in [3.63, 3.8) is 0 Å². The van der Waals surface area contributed by atoms with Crippen molar-refractivity contribution in [1.29, 1.82) is 0 Å². The van der Waals surface area contributed by atoms with Crippen molar-refractivity contribution in [1.82, 2.24) is 10.2 Å². The highest BCUT2D eigenvalue weighted by atomic mass is 35.5. The molecule has 0 radical (unpaired) electrons. The van der Waals surface area contributed by atoms with Crippen LogP contribution < -0.4 is 5.32 Å². The second-order valence-corrected chi connectivity index (χ2v) is 6.50. The van der Waals surface area contributed by atoms with E-state index >= 15 is 0 Å². The molecule has 1 aromatic carbocycles. The third-order valence-corrected chi connectivity index (χ3v) is 4.73. The van der Waals surface area contributed by atoms with Crippen LogP contribution in [0.5, 0.6) is 0 Å². The summed E-state index contributed by atoms with van der Waals surface area (Å²) in [5, 5.41) is 3.31. The molecule has 2 rings (SSSR count). The molecule has 0 aliphatic carbocycles.